The first-order chi connectivity index (χ1) is 14.0. The lowest BCUT2D eigenvalue weighted by Gasteiger charge is -2.11. The van der Waals surface area contributed by atoms with Crippen molar-refractivity contribution >= 4 is 38.2 Å². The summed E-state index contributed by atoms with van der Waals surface area (Å²) in [5.41, 5.74) is 3.64. The molecule has 0 saturated carbocycles. The van der Waals surface area contributed by atoms with Crippen LogP contribution in [0.3, 0.4) is 0 Å². The van der Waals surface area contributed by atoms with Gasteiger partial charge in [-0.3, -0.25) is 9.59 Å². The molecule has 2 aromatic heterocycles. The van der Waals surface area contributed by atoms with E-state index in [1.54, 1.807) is 24.3 Å². The molecule has 0 fully saturated rings. The highest BCUT2D eigenvalue weighted by atomic mass is 32.1. The molecule has 7 nitrogen and oxygen atoms in total. The number of benzene rings is 2. The van der Waals surface area contributed by atoms with Gasteiger partial charge in [-0.1, -0.05) is 55.5 Å². The molecule has 2 heterocycles. The van der Waals surface area contributed by atoms with Gasteiger partial charge in [-0.05, 0) is 24.1 Å². The summed E-state index contributed by atoms with van der Waals surface area (Å²) in [5, 5.41) is 9.63. The third-order valence-electron chi connectivity index (χ3n) is 4.59. The van der Waals surface area contributed by atoms with Gasteiger partial charge >= 0.3 is 0 Å². The van der Waals surface area contributed by atoms with Crippen LogP contribution in [0.5, 0.6) is 0 Å². The van der Waals surface area contributed by atoms with E-state index in [1.807, 2.05) is 49.7 Å². The van der Waals surface area contributed by atoms with E-state index in [4.69, 9.17) is 0 Å². The molecule has 0 aliphatic heterocycles. The van der Waals surface area contributed by atoms with Crippen molar-refractivity contribution in [3.63, 3.8) is 0 Å². The largest absolute Gasteiger partial charge is 0.318 e. The first-order valence-electron chi connectivity index (χ1n) is 9.34. The molecule has 8 heteroatoms. The van der Waals surface area contributed by atoms with Gasteiger partial charge in [0.2, 0.25) is 4.80 Å². The molecular weight excluding hydrogens is 386 g/mol. The Morgan fingerprint density at radius 3 is 2.55 bits per heavy atom. The summed E-state index contributed by atoms with van der Waals surface area (Å²) in [6, 6.07) is 15.0. The van der Waals surface area contributed by atoms with Gasteiger partial charge in [-0.25, -0.2) is 10.1 Å². The number of carbonyl (C=O) groups excluding carboxylic acids is 1. The zero-order valence-electron chi connectivity index (χ0n) is 16.4. The Morgan fingerprint density at radius 2 is 1.83 bits per heavy atom. The zero-order valence-corrected chi connectivity index (χ0v) is 17.2. The molecule has 29 heavy (non-hydrogen) atoms. The van der Waals surface area contributed by atoms with Gasteiger partial charge in [0.25, 0.3) is 11.5 Å². The van der Waals surface area contributed by atoms with Crippen LogP contribution in [0.2, 0.25) is 0 Å². The highest BCUT2D eigenvalue weighted by molar-refractivity contribution is 7.16. The highest BCUT2D eigenvalue weighted by Gasteiger charge is 2.17. The number of hydrogen-bond acceptors (Lipinski definition) is 5. The molecule has 148 valence electrons. The Morgan fingerprint density at radius 1 is 1.14 bits per heavy atom. The van der Waals surface area contributed by atoms with Crippen molar-refractivity contribution in [1.29, 1.82) is 0 Å². The molecule has 0 spiro atoms. The van der Waals surface area contributed by atoms with Crippen molar-refractivity contribution < 1.29 is 4.79 Å². The third kappa shape index (κ3) is 3.58. The number of aromatic nitrogens is 3. The standard InChI is InChI=1S/C21H21N5O2S/c1-13(2)12-26-20(28)15-9-5-4-8-14(15)18(24-26)19(27)22-23-21-25(3)16-10-6-7-11-17(16)29-21/h4-11,13H,12H2,1-3H3,(H,22,27)/b23-21+. The number of nitrogens with zero attached hydrogens (tertiary/aromatic N) is 4. The fraction of sp³-hybridized carbons (Fsp3) is 0.238. The van der Waals surface area contributed by atoms with Gasteiger partial charge in [0.1, 0.15) is 0 Å². The fourth-order valence-corrected chi connectivity index (χ4v) is 4.19. The minimum Gasteiger partial charge on any atom is -0.318 e. The second-order valence-electron chi connectivity index (χ2n) is 7.24. The van der Waals surface area contributed by atoms with Gasteiger partial charge in [0, 0.05) is 19.0 Å². The second-order valence-corrected chi connectivity index (χ2v) is 8.25. The number of aryl methyl sites for hydroxylation is 1. The summed E-state index contributed by atoms with van der Waals surface area (Å²) < 4.78 is 4.37. The summed E-state index contributed by atoms with van der Waals surface area (Å²) in [5.74, 6) is -0.226. The molecular formula is C21H21N5O2S. The van der Waals surface area contributed by atoms with Crippen molar-refractivity contribution in [2.75, 3.05) is 0 Å². The van der Waals surface area contributed by atoms with Crippen LogP contribution in [0.15, 0.2) is 58.4 Å². The second kappa shape index (κ2) is 7.63. The average molecular weight is 407 g/mol. The lowest BCUT2D eigenvalue weighted by Crippen LogP contribution is -2.31. The van der Waals surface area contributed by atoms with Gasteiger partial charge < -0.3 is 4.57 Å². The normalized spacial score (nSPS) is 12.2. The van der Waals surface area contributed by atoms with Gasteiger partial charge in [0.15, 0.2) is 5.69 Å². The molecule has 0 atom stereocenters. The Bertz CT molecular complexity index is 1350. The quantitative estimate of drug-likeness (QED) is 0.528. The Balaban J connectivity index is 1.77. The molecule has 1 N–H and O–H groups in total. The Kier molecular flexibility index (Phi) is 5.02. The number of carbonyl (C=O) groups is 1. The molecule has 0 aliphatic rings. The van der Waals surface area contributed by atoms with Gasteiger partial charge in [0.05, 0.1) is 15.6 Å². The maximum absolute atomic E-state index is 12.9. The van der Waals surface area contributed by atoms with Crippen molar-refractivity contribution in [1.82, 2.24) is 19.8 Å². The third-order valence-corrected chi connectivity index (χ3v) is 5.70. The Hall–Kier alpha value is -3.26. The first kappa shape index (κ1) is 19.1. The summed E-state index contributed by atoms with van der Waals surface area (Å²) in [6.07, 6.45) is 0. The molecule has 0 saturated heterocycles. The molecule has 0 radical (unpaired) electrons. The molecule has 1 amide bonds. The topological polar surface area (TPSA) is 81.3 Å². The van der Waals surface area contributed by atoms with Crippen molar-refractivity contribution in [2.24, 2.45) is 18.1 Å². The van der Waals surface area contributed by atoms with E-state index in [9.17, 15) is 9.59 Å². The minimum absolute atomic E-state index is 0.188. The Labute approximate surface area is 170 Å². The summed E-state index contributed by atoms with van der Waals surface area (Å²) in [7, 11) is 1.90. The van der Waals surface area contributed by atoms with Crippen LogP contribution in [0.1, 0.15) is 24.3 Å². The fourth-order valence-electron chi connectivity index (χ4n) is 3.21. The van der Waals surface area contributed by atoms with Crippen molar-refractivity contribution in [3.05, 3.63) is 69.4 Å². The monoisotopic (exact) mass is 407 g/mol. The number of nitrogens with one attached hydrogen (secondary N) is 1. The maximum Gasteiger partial charge on any atom is 0.292 e. The number of fused-ring (bicyclic) bond motifs is 2. The van der Waals surface area contributed by atoms with Gasteiger partial charge in [-0.15, -0.1) is 5.10 Å². The van der Waals surface area contributed by atoms with E-state index in [0.29, 0.717) is 22.1 Å². The van der Waals surface area contributed by atoms with Crippen LogP contribution in [-0.4, -0.2) is 20.3 Å². The van der Waals surface area contributed by atoms with Crippen molar-refractivity contribution in [3.8, 4) is 0 Å². The smallest absolute Gasteiger partial charge is 0.292 e. The van der Waals surface area contributed by atoms with Crippen LogP contribution in [-0.2, 0) is 13.6 Å². The van der Waals surface area contributed by atoms with E-state index in [1.165, 1.54) is 16.0 Å². The van der Waals surface area contributed by atoms with E-state index in [0.717, 1.165) is 10.2 Å². The zero-order chi connectivity index (χ0) is 20.5. The molecule has 2 aromatic carbocycles. The summed E-state index contributed by atoms with van der Waals surface area (Å²) >= 11 is 1.48. The van der Waals surface area contributed by atoms with Crippen LogP contribution in [0, 0.1) is 5.92 Å². The lowest BCUT2D eigenvalue weighted by molar-refractivity contribution is 0.0947. The molecule has 4 rings (SSSR count). The van der Waals surface area contributed by atoms with Crippen LogP contribution in [0.4, 0.5) is 0 Å². The maximum atomic E-state index is 12.9. The van der Waals surface area contributed by atoms with Crippen LogP contribution >= 0.6 is 11.3 Å². The molecule has 0 aliphatic carbocycles. The van der Waals surface area contributed by atoms with E-state index >= 15 is 0 Å². The number of para-hydroxylation sites is 1. The lowest BCUT2D eigenvalue weighted by atomic mass is 10.1. The van der Waals surface area contributed by atoms with Crippen LogP contribution < -0.4 is 15.8 Å². The van der Waals surface area contributed by atoms with E-state index in [-0.39, 0.29) is 17.2 Å². The predicted molar refractivity (Wildman–Crippen MR) is 115 cm³/mol. The average Bonchev–Trinajstić information content (AvgIpc) is 3.04. The molecule has 0 bridgehead atoms. The minimum atomic E-state index is -0.448. The first-order valence-corrected chi connectivity index (χ1v) is 10.2. The number of amides is 1. The number of thiazole rings is 1. The molecule has 0 unspecified atom stereocenters. The molecule has 4 aromatic rings. The van der Waals surface area contributed by atoms with Gasteiger partial charge in [-0.2, -0.15) is 5.10 Å². The van der Waals surface area contributed by atoms with E-state index < -0.39 is 5.91 Å². The SMILES string of the molecule is CC(C)Cn1nc(C(=O)N/N=c2/sc3ccccc3n2C)c2ccccc2c1=O. The van der Waals surface area contributed by atoms with Crippen molar-refractivity contribution in [2.45, 2.75) is 20.4 Å². The van der Waals surface area contributed by atoms with E-state index in [2.05, 4.69) is 15.6 Å². The van der Waals surface area contributed by atoms with Crippen LogP contribution in [0.25, 0.3) is 21.0 Å². The summed E-state index contributed by atoms with van der Waals surface area (Å²) in [6.45, 7) is 4.44. The summed E-state index contributed by atoms with van der Waals surface area (Å²) in [4.78, 5) is 26.3. The predicted octanol–water partition coefficient (Wildman–Crippen LogP) is 2.85. The highest BCUT2D eigenvalue weighted by Crippen LogP contribution is 2.16. The number of rotatable bonds is 4. The number of hydrogen-bond donors (Lipinski definition) is 1.